The van der Waals surface area contributed by atoms with Crippen molar-refractivity contribution in [2.24, 2.45) is 0 Å². The molecular weight excluding hydrogens is 241 g/mol. The number of hydrogen-bond donors (Lipinski definition) is 0. The van der Waals surface area contributed by atoms with Crippen LogP contribution in [0.3, 0.4) is 0 Å². The highest BCUT2D eigenvalue weighted by Crippen LogP contribution is 2.31. The summed E-state index contributed by atoms with van der Waals surface area (Å²) in [5, 5.41) is 0. The lowest BCUT2D eigenvalue weighted by molar-refractivity contribution is -0.153. The topological polar surface area (TPSA) is 13.1 Å². The smallest absolute Gasteiger partial charge is 0.449 e. The summed E-state index contributed by atoms with van der Waals surface area (Å²) >= 11 is 0. The van der Waals surface area contributed by atoms with E-state index < -0.39 is 11.9 Å². The van der Waals surface area contributed by atoms with Gasteiger partial charge in [0.1, 0.15) is 5.76 Å². The summed E-state index contributed by atoms with van der Waals surface area (Å²) in [6.45, 7) is 3.85. The zero-order valence-corrected chi connectivity index (χ0v) is 9.50. The summed E-state index contributed by atoms with van der Waals surface area (Å²) in [6.07, 6.45) is -4.17. The van der Waals surface area contributed by atoms with E-state index in [4.69, 9.17) is 4.42 Å². The molecule has 0 aliphatic carbocycles. The molecule has 0 spiro atoms. The highest BCUT2D eigenvalue weighted by molar-refractivity contribution is 5.64. The van der Waals surface area contributed by atoms with Crippen LogP contribution in [0.1, 0.15) is 17.1 Å². The molecule has 0 atom stereocenters. The van der Waals surface area contributed by atoms with E-state index in [1.54, 1.807) is 0 Å². The molecule has 2 aromatic rings. The molecule has 18 heavy (non-hydrogen) atoms. The van der Waals surface area contributed by atoms with Gasteiger partial charge in [0, 0.05) is 6.42 Å². The van der Waals surface area contributed by atoms with Gasteiger partial charge in [-0.05, 0) is 23.3 Å². The van der Waals surface area contributed by atoms with Crippen LogP contribution >= 0.6 is 0 Å². The molecule has 0 unspecified atom stereocenters. The predicted octanol–water partition coefficient (Wildman–Crippen LogP) is 4.55. The average molecular weight is 252 g/mol. The molecule has 0 aliphatic heterocycles. The SMILES string of the molecule is C=C(Cc1ccc(C(F)(F)F)o1)c1ccccc1. The van der Waals surface area contributed by atoms with Crippen molar-refractivity contribution in [1.29, 1.82) is 0 Å². The monoisotopic (exact) mass is 252 g/mol. The Morgan fingerprint density at radius 2 is 1.72 bits per heavy atom. The Kier molecular flexibility index (Phi) is 3.28. The molecule has 1 aromatic carbocycles. The molecule has 1 heterocycles. The van der Waals surface area contributed by atoms with Crippen LogP contribution in [0.4, 0.5) is 13.2 Å². The van der Waals surface area contributed by atoms with Crippen LogP contribution in [0.25, 0.3) is 5.57 Å². The molecule has 1 aromatic heterocycles. The van der Waals surface area contributed by atoms with Crippen LogP contribution in [0.5, 0.6) is 0 Å². The largest absolute Gasteiger partial charge is 0.456 e. The van der Waals surface area contributed by atoms with Gasteiger partial charge in [0.2, 0.25) is 5.76 Å². The minimum atomic E-state index is -4.44. The van der Waals surface area contributed by atoms with Crippen molar-refractivity contribution in [3.8, 4) is 0 Å². The lowest BCUT2D eigenvalue weighted by Crippen LogP contribution is -2.02. The van der Waals surface area contributed by atoms with Gasteiger partial charge in [-0.3, -0.25) is 0 Å². The van der Waals surface area contributed by atoms with Crippen molar-refractivity contribution in [1.82, 2.24) is 0 Å². The maximum atomic E-state index is 12.3. The van der Waals surface area contributed by atoms with Gasteiger partial charge in [-0.2, -0.15) is 13.2 Å². The lowest BCUT2D eigenvalue weighted by Gasteiger charge is -2.04. The minimum absolute atomic E-state index is 0.260. The number of hydrogen-bond acceptors (Lipinski definition) is 1. The molecule has 1 nitrogen and oxygen atoms in total. The summed E-state index contributed by atoms with van der Waals surface area (Å²) in [6, 6.07) is 11.6. The first-order valence-corrected chi connectivity index (χ1v) is 5.36. The quantitative estimate of drug-likeness (QED) is 0.780. The molecule has 94 valence electrons. The van der Waals surface area contributed by atoms with E-state index in [2.05, 4.69) is 6.58 Å². The van der Waals surface area contributed by atoms with Crippen LogP contribution in [0.15, 0.2) is 53.5 Å². The standard InChI is InChI=1S/C14H11F3O/c1-10(11-5-3-2-4-6-11)9-12-7-8-13(18-12)14(15,16)17/h2-8H,1,9H2. The summed E-state index contributed by atoms with van der Waals surface area (Å²) < 4.78 is 41.8. The summed E-state index contributed by atoms with van der Waals surface area (Å²) in [4.78, 5) is 0. The molecule has 0 N–H and O–H groups in total. The number of allylic oxidation sites excluding steroid dienone is 1. The fourth-order valence-corrected chi connectivity index (χ4v) is 1.61. The zero-order chi connectivity index (χ0) is 13.2. The van der Waals surface area contributed by atoms with E-state index in [1.165, 1.54) is 6.07 Å². The molecular formula is C14H11F3O. The normalized spacial score (nSPS) is 11.5. The molecule has 0 bridgehead atoms. The number of furan rings is 1. The van der Waals surface area contributed by atoms with E-state index in [-0.39, 0.29) is 12.2 Å². The van der Waals surface area contributed by atoms with Gasteiger partial charge in [-0.15, -0.1) is 0 Å². The van der Waals surface area contributed by atoms with Crippen molar-refractivity contribution in [2.75, 3.05) is 0 Å². The van der Waals surface area contributed by atoms with Gasteiger partial charge in [-0.25, -0.2) is 0 Å². The van der Waals surface area contributed by atoms with Crippen LogP contribution in [-0.4, -0.2) is 0 Å². The third kappa shape index (κ3) is 2.83. The van der Waals surface area contributed by atoms with Gasteiger partial charge in [0.25, 0.3) is 0 Å². The Bertz CT molecular complexity index is 538. The van der Waals surface area contributed by atoms with Gasteiger partial charge in [0.15, 0.2) is 0 Å². The van der Waals surface area contributed by atoms with E-state index in [9.17, 15) is 13.2 Å². The molecule has 0 radical (unpaired) electrons. The third-order valence-electron chi connectivity index (χ3n) is 2.51. The fourth-order valence-electron chi connectivity index (χ4n) is 1.61. The van der Waals surface area contributed by atoms with E-state index in [0.717, 1.165) is 17.2 Å². The summed E-state index contributed by atoms with van der Waals surface area (Å²) in [5.74, 6) is -0.713. The molecule has 0 saturated heterocycles. The van der Waals surface area contributed by atoms with Crippen LogP contribution in [0, 0.1) is 0 Å². The lowest BCUT2D eigenvalue weighted by atomic mass is 10.0. The number of benzene rings is 1. The average Bonchev–Trinajstić information content (AvgIpc) is 2.78. The minimum Gasteiger partial charge on any atom is -0.456 e. The van der Waals surface area contributed by atoms with Crippen molar-refractivity contribution in [2.45, 2.75) is 12.6 Å². The van der Waals surface area contributed by atoms with Crippen molar-refractivity contribution < 1.29 is 17.6 Å². The zero-order valence-electron chi connectivity index (χ0n) is 9.50. The van der Waals surface area contributed by atoms with Crippen LogP contribution in [0.2, 0.25) is 0 Å². The van der Waals surface area contributed by atoms with Crippen LogP contribution in [-0.2, 0) is 12.6 Å². The maximum absolute atomic E-state index is 12.3. The summed E-state index contributed by atoms with van der Waals surface area (Å²) in [7, 11) is 0. The Balaban J connectivity index is 2.11. The van der Waals surface area contributed by atoms with Crippen molar-refractivity contribution in [3.63, 3.8) is 0 Å². The molecule has 0 aliphatic rings. The number of alkyl halides is 3. The van der Waals surface area contributed by atoms with Gasteiger partial charge >= 0.3 is 6.18 Å². The molecule has 0 amide bonds. The Hall–Kier alpha value is -1.97. The highest BCUT2D eigenvalue weighted by atomic mass is 19.4. The summed E-state index contributed by atoms with van der Waals surface area (Å²) in [5.41, 5.74) is 1.61. The van der Waals surface area contributed by atoms with E-state index in [0.29, 0.717) is 0 Å². The highest BCUT2D eigenvalue weighted by Gasteiger charge is 2.34. The first kappa shape index (κ1) is 12.5. The second-order valence-electron chi connectivity index (χ2n) is 3.91. The van der Waals surface area contributed by atoms with Gasteiger partial charge in [0.05, 0.1) is 0 Å². The van der Waals surface area contributed by atoms with Gasteiger partial charge < -0.3 is 4.42 Å². The molecule has 0 saturated carbocycles. The van der Waals surface area contributed by atoms with E-state index in [1.807, 2.05) is 30.3 Å². The number of halogens is 3. The fraction of sp³-hybridized carbons (Fsp3) is 0.143. The molecule has 0 fully saturated rings. The second-order valence-corrected chi connectivity index (χ2v) is 3.91. The van der Waals surface area contributed by atoms with Crippen LogP contribution < -0.4 is 0 Å². The Morgan fingerprint density at radius 1 is 1.06 bits per heavy atom. The second kappa shape index (κ2) is 4.72. The predicted molar refractivity (Wildman–Crippen MR) is 62.9 cm³/mol. The maximum Gasteiger partial charge on any atom is 0.449 e. The van der Waals surface area contributed by atoms with Gasteiger partial charge in [-0.1, -0.05) is 36.9 Å². The third-order valence-corrected chi connectivity index (χ3v) is 2.51. The number of rotatable bonds is 3. The first-order chi connectivity index (χ1) is 8.47. The van der Waals surface area contributed by atoms with Crippen molar-refractivity contribution >= 4 is 5.57 Å². The van der Waals surface area contributed by atoms with Crippen molar-refractivity contribution in [3.05, 3.63) is 66.1 Å². The Morgan fingerprint density at radius 3 is 2.28 bits per heavy atom. The Labute approximate surface area is 103 Å². The molecule has 4 heteroatoms. The molecule has 2 rings (SSSR count). The van der Waals surface area contributed by atoms with E-state index >= 15 is 0 Å². The first-order valence-electron chi connectivity index (χ1n) is 5.36.